The third-order valence-electron chi connectivity index (χ3n) is 4.63. The van der Waals surface area contributed by atoms with Crippen molar-refractivity contribution in [1.29, 1.82) is 0 Å². The first-order valence-electron chi connectivity index (χ1n) is 9.76. The zero-order chi connectivity index (χ0) is 20.2. The molecule has 8 nitrogen and oxygen atoms in total. The molecule has 1 saturated heterocycles. The number of rotatable bonds is 6. The number of nitrogens with one attached hydrogen (secondary N) is 1. The van der Waals surface area contributed by atoms with E-state index in [4.69, 9.17) is 4.98 Å². The minimum absolute atomic E-state index is 0.294. The third-order valence-corrected chi connectivity index (χ3v) is 5.49. The predicted octanol–water partition coefficient (Wildman–Crippen LogP) is 3.44. The first-order valence-corrected chi connectivity index (χ1v) is 10.6. The summed E-state index contributed by atoms with van der Waals surface area (Å²) in [4.78, 5) is 28.4. The normalized spacial score (nSPS) is 13.8. The molecule has 3 aromatic heterocycles. The van der Waals surface area contributed by atoms with E-state index in [1.807, 2.05) is 12.1 Å². The Labute approximate surface area is 173 Å². The summed E-state index contributed by atoms with van der Waals surface area (Å²) >= 11 is 1.40. The fourth-order valence-corrected chi connectivity index (χ4v) is 4.19. The second kappa shape index (κ2) is 8.60. The van der Waals surface area contributed by atoms with Gasteiger partial charge in [-0.05, 0) is 30.9 Å². The number of pyridine rings is 1. The molecule has 1 fully saturated rings. The van der Waals surface area contributed by atoms with Gasteiger partial charge in [-0.25, -0.2) is 9.97 Å². The number of carbonyl (C=O) groups excluding carboxylic acids is 1. The van der Waals surface area contributed by atoms with E-state index in [0.29, 0.717) is 28.3 Å². The lowest BCUT2D eigenvalue weighted by Gasteiger charge is -2.17. The fourth-order valence-electron chi connectivity index (χ4n) is 3.24. The van der Waals surface area contributed by atoms with Crippen LogP contribution >= 0.6 is 11.3 Å². The summed E-state index contributed by atoms with van der Waals surface area (Å²) in [6, 6.07) is 3.69. The molecule has 0 unspecified atom stereocenters. The van der Waals surface area contributed by atoms with E-state index in [1.165, 1.54) is 11.3 Å². The monoisotopic (exact) mass is 409 g/mol. The van der Waals surface area contributed by atoms with Crippen molar-refractivity contribution in [2.24, 2.45) is 5.92 Å². The molecule has 29 heavy (non-hydrogen) atoms. The van der Waals surface area contributed by atoms with Gasteiger partial charge in [0.1, 0.15) is 5.01 Å². The molecule has 0 bridgehead atoms. The van der Waals surface area contributed by atoms with Gasteiger partial charge in [0, 0.05) is 43.7 Å². The van der Waals surface area contributed by atoms with Crippen LogP contribution in [-0.4, -0.2) is 44.1 Å². The van der Waals surface area contributed by atoms with Crippen LogP contribution in [0.2, 0.25) is 0 Å². The first-order chi connectivity index (χ1) is 14.1. The third kappa shape index (κ3) is 4.56. The molecule has 0 saturated carbocycles. The Morgan fingerprint density at radius 1 is 1.21 bits per heavy atom. The molecule has 1 aliphatic rings. The van der Waals surface area contributed by atoms with E-state index in [2.05, 4.69) is 44.2 Å². The second-order valence-electron chi connectivity index (χ2n) is 7.42. The molecule has 0 aromatic carbocycles. The lowest BCUT2D eigenvalue weighted by atomic mass is 10.1. The van der Waals surface area contributed by atoms with Gasteiger partial charge in [0.05, 0.1) is 11.3 Å². The number of aromatic nitrogens is 5. The van der Waals surface area contributed by atoms with Crippen LogP contribution in [0.5, 0.6) is 0 Å². The predicted molar refractivity (Wildman–Crippen MR) is 113 cm³/mol. The summed E-state index contributed by atoms with van der Waals surface area (Å²) < 4.78 is 0. The summed E-state index contributed by atoms with van der Waals surface area (Å²) in [5.74, 6) is 0.842. The minimum atomic E-state index is -0.294. The molecule has 1 amide bonds. The SMILES string of the molecule is CC(C)Cc1nnc(NC(=O)c2cnc(N3CCCC3)nc2-c2ccncc2)s1. The van der Waals surface area contributed by atoms with Crippen molar-refractivity contribution in [3.8, 4) is 11.3 Å². The van der Waals surface area contributed by atoms with Crippen LogP contribution in [0.1, 0.15) is 42.1 Å². The lowest BCUT2D eigenvalue weighted by Crippen LogP contribution is -2.22. The Bertz CT molecular complexity index is 984. The van der Waals surface area contributed by atoms with Crippen LogP contribution in [0.25, 0.3) is 11.3 Å². The molecule has 150 valence electrons. The molecule has 0 atom stereocenters. The fraction of sp³-hybridized carbons (Fsp3) is 0.400. The second-order valence-corrected chi connectivity index (χ2v) is 8.48. The quantitative estimate of drug-likeness (QED) is 0.666. The van der Waals surface area contributed by atoms with Gasteiger partial charge >= 0.3 is 0 Å². The van der Waals surface area contributed by atoms with E-state index in [1.54, 1.807) is 18.6 Å². The van der Waals surface area contributed by atoms with E-state index < -0.39 is 0 Å². The highest BCUT2D eigenvalue weighted by Gasteiger charge is 2.21. The smallest absolute Gasteiger partial charge is 0.261 e. The van der Waals surface area contributed by atoms with E-state index >= 15 is 0 Å². The summed E-state index contributed by atoms with van der Waals surface area (Å²) in [7, 11) is 0. The summed E-state index contributed by atoms with van der Waals surface area (Å²) in [5, 5.41) is 12.5. The number of amides is 1. The van der Waals surface area contributed by atoms with Crippen LogP contribution in [0.15, 0.2) is 30.7 Å². The van der Waals surface area contributed by atoms with Crippen LogP contribution in [0.3, 0.4) is 0 Å². The largest absolute Gasteiger partial charge is 0.341 e. The van der Waals surface area contributed by atoms with Gasteiger partial charge in [-0.3, -0.25) is 15.1 Å². The van der Waals surface area contributed by atoms with Crippen LogP contribution in [0, 0.1) is 5.92 Å². The summed E-state index contributed by atoms with van der Waals surface area (Å²) in [6.45, 7) is 6.12. The molecule has 0 radical (unpaired) electrons. The summed E-state index contributed by atoms with van der Waals surface area (Å²) in [5.41, 5.74) is 1.82. The number of hydrogen-bond acceptors (Lipinski definition) is 8. The van der Waals surface area contributed by atoms with Crippen molar-refractivity contribution in [1.82, 2.24) is 25.1 Å². The number of anilines is 2. The molecule has 4 rings (SSSR count). The van der Waals surface area contributed by atoms with Crippen LogP contribution in [0.4, 0.5) is 11.1 Å². The maximum absolute atomic E-state index is 13.0. The van der Waals surface area contributed by atoms with Crippen molar-refractivity contribution >= 4 is 28.3 Å². The molecular weight excluding hydrogens is 386 g/mol. The number of nitrogens with zero attached hydrogens (tertiary/aromatic N) is 6. The van der Waals surface area contributed by atoms with Gasteiger partial charge < -0.3 is 4.90 Å². The average Bonchev–Trinajstić information content (AvgIpc) is 3.40. The van der Waals surface area contributed by atoms with Crippen molar-refractivity contribution in [2.45, 2.75) is 33.1 Å². The average molecular weight is 410 g/mol. The molecule has 3 aromatic rings. The van der Waals surface area contributed by atoms with Gasteiger partial charge in [-0.2, -0.15) is 0 Å². The van der Waals surface area contributed by atoms with Gasteiger partial charge in [-0.15, -0.1) is 10.2 Å². The molecule has 0 spiro atoms. The Hall–Kier alpha value is -2.94. The van der Waals surface area contributed by atoms with E-state index in [9.17, 15) is 4.79 Å². The Morgan fingerprint density at radius 2 is 1.97 bits per heavy atom. The van der Waals surface area contributed by atoms with E-state index in [0.717, 1.165) is 42.9 Å². The van der Waals surface area contributed by atoms with Gasteiger partial charge in [0.2, 0.25) is 11.1 Å². The Morgan fingerprint density at radius 3 is 2.69 bits per heavy atom. The van der Waals surface area contributed by atoms with Crippen LogP contribution < -0.4 is 10.2 Å². The first kappa shape index (κ1) is 19.4. The minimum Gasteiger partial charge on any atom is -0.341 e. The van der Waals surface area contributed by atoms with Crippen molar-refractivity contribution in [3.63, 3.8) is 0 Å². The molecular formula is C20H23N7OS. The van der Waals surface area contributed by atoms with Crippen molar-refractivity contribution in [3.05, 3.63) is 41.3 Å². The molecule has 4 heterocycles. The Balaban J connectivity index is 1.63. The molecule has 0 aliphatic carbocycles. The maximum Gasteiger partial charge on any atom is 0.261 e. The molecule has 9 heteroatoms. The summed E-state index contributed by atoms with van der Waals surface area (Å²) in [6.07, 6.45) is 8.08. The lowest BCUT2D eigenvalue weighted by molar-refractivity contribution is 0.102. The van der Waals surface area contributed by atoms with E-state index in [-0.39, 0.29) is 5.91 Å². The highest BCUT2D eigenvalue weighted by Crippen LogP contribution is 2.26. The van der Waals surface area contributed by atoms with Crippen molar-refractivity contribution in [2.75, 3.05) is 23.3 Å². The topological polar surface area (TPSA) is 96.8 Å². The molecule has 1 aliphatic heterocycles. The zero-order valence-corrected chi connectivity index (χ0v) is 17.3. The van der Waals surface area contributed by atoms with Gasteiger partial charge in [0.15, 0.2) is 0 Å². The Kier molecular flexibility index (Phi) is 5.75. The highest BCUT2D eigenvalue weighted by atomic mass is 32.1. The number of hydrogen-bond donors (Lipinski definition) is 1. The van der Waals surface area contributed by atoms with Crippen LogP contribution in [-0.2, 0) is 6.42 Å². The highest BCUT2D eigenvalue weighted by molar-refractivity contribution is 7.15. The van der Waals surface area contributed by atoms with Gasteiger partial charge in [0.25, 0.3) is 5.91 Å². The van der Waals surface area contributed by atoms with Gasteiger partial charge in [-0.1, -0.05) is 25.2 Å². The molecule has 1 N–H and O–H groups in total. The maximum atomic E-state index is 13.0. The number of carbonyl (C=O) groups is 1. The standard InChI is InChI=1S/C20H23N7OS/c1-13(2)11-16-25-26-20(29-16)24-18(28)15-12-22-19(27-9-3-4-10-27)23-17(15)14-5-7-21-8-6-14/h5-8,12-13H,3-4,9-11H2,1-2H3,(H,24,26,28). The zero-order valence-electron chi connectivity index (χ0n) is 16.5. The van der Waals surface area contributed by atoms with Crippen molar-refractivity contribution < 1.29 is 4.79 Å².